The molecule has 0 atom stereocenters. The highest BCUT2D eigenvalue weighted by Gasteiger charge is 2.52. The Balaban J connectivity index is 1.10. The van der Waals surface area contributed by atoms with Crippen LogP contribution in [0.4, 0.5) is 5.69 Å². The van der Waals surface area contributed by atoms with Gasteiger partial charge < -0.3 is 14.6 Å². The fourth-order valence-corrected chi connectivity index (χ4v) is 7.69. The summed E-state index contributed by atoms with van der Waals surface area (Å²) in [5, 5.41) is 8.99. The van der Waals surface area contributed by atoms with Crippen molar-refractivity contribution in [3.8, 4) is 11.3 Å². The summed E-state index contributed by atoms with van der Waals surface area (Å²) in [4.78, 5) is 25.3. The third-order valence-corrected chi connectivity index (χ3v) is 10.6. The maximum Gasteiger partial charge on any atom is 0.337 e. The van der Waals surface area contributed by atoms with Crippen molar-refractivity contribution < 1.29 is 18.8 Å². The topological polar surface area (TPSA) is 81.4 Å². The van der Waals surface area contributed by atoms with Gasteiger partial charge in [0.15, 0.2) is 0 Å². The molecule has 0 unspecified atom stereocenters. The predicted molar refractivity (Wildman–Crippen MR) is 161 cm³/mol. The molecule has 1 N–H and O–H groups in total. The van der Waals surface area contributed by atoms with Crippen LogP contribution in [0.5, 0.6) is 0 Å². The molecule has 4 fully saturated rings. The van der Waals surface area contributed by atoms with Crippen LogP contribution in [0.3, 0.4) is 0 Å². The van der Waals surface area contributed by atoms with Crippen molar-refractivity contribution in [2.24, 2.45) is 10.8 Å². The zero-order chi connectivity index (χ0) is 28.8. The first-order valence-electron chi connectivity index (χ1n) is 14.4. The number of aromatic nitrogens is 1. The van der Waals surface area contributed by atoms with Crippen LogP contribution < -0.4 is 5.32 Å². The van der Waals surface area contributed by atoms with Gasteiger partial charge in [0.1, 0.15) is 11.5 Å². The molecule has 216 valence electrons. The van der Waals surface area contributed by atoms with E-state index in [0.29, 0.717) is 32.2 Å². The first-order valence-corrected chi connectivity index (χ1v) is 15.5. The second-order valence-corrected chi connectivity index (χ2v) is 13.2. The van der Waals surface area contributed by atoms with Crippen LogP contribution >= 0.6 is 34.8 Å². The summed E-state index contributed by atoms with van der Waals surface area (Å²) in [6.45, 7) is 0. The third kappa shape index (κ3) is 5.51. The van der Waals surface area contributed by atoms with E-state index in [2.05, 4.69) is 10.5 Å². The van der Waals surface area contributed by atoms with Crippen LogP contribution in [0.1, 0.15) is 91.8 Å². The smallest absolute Gasteiger partial charge is 0.337 e. The molecule has 7 rings (SSSR count). The summed E-state index contributed by atoms with van der Waals surface area (Å²) in [6, 6.07) is 10.3. The van der Waals surface area contributed by atoms with Crippen molar-refractivity contribution in [2.75, 3.05) is 12.4 Å². The summed E-state index contributed by atoms with van der Waals surface area (Å²) >= 11 is 19.5. The molecule has 1 heterocycles. The Labute approximate surface area is 255 Å². The van der Waals surface area contributed by atoms with Crippen molar-refractivity contribution >= 4 is 52.4 Å². The molecule has 4 saturated carbocycles. The first kappa shape index (κ1) is 28.6. The second-order valence-electron chi connectivity index (χ2n) is 12.0. The van der Waals surface area contributed by atoms with E-state index in [4.69, 9.17) is 44.1 Å². The molecule has 1 amide bonds. The maximum atomic E-state index is 13.5. The summed E-state index contributed by atoms with van der Waals surface area (Å²) in [5.74, 6) is 1.00. The van der Waals surface area contributed by atoms with Crippen molar-refractivity contribution in [1.82, 2.24) is 5.16 Å². The summed E-state index contributed by atoms with van der Waals surface area (Å²) in [6.07, 6.45) is 11.0. The van der Waals surface area contributed by atoms with Crippen molar-refractivity contribution in [3.05, 3.63) is 68.4 Å². The molecule has 9 heteroatoms. The van der Waals surface area contributed by atoms with Gasteiger partial charge in [0.05, 0.1) is 33.4 Å². The van der Waals surface area contributed by atoms with Crippen molar-refractivity contribution in [3.63, 3.8) is 0 Å². The fraction of sp³-hybridized carbons (Fsp3) is 0.469. The summed E-state index contributed by atoms with van der Waals surface area (Å²) < 4.78 is 10.6. The lowest BCUT2D eigenvalue weighted by atomic mass is 9.52. The normalized spacial score (nSPS) is 23.4. The molecule has 6 nitrogen and oxygen atoms in total. The van der Waals surface area contributed by atoms with Gasteiger partial charge in [-0.3, -0.25) is 4.79 Å². The van der Waals surface area contributed by atoms with Crippen LogP contribution in [-0.4, -0.2) is 24.1 Å². The Hall–Kier alpha value is -2.54. The number of hydrogen-bond acceptors (Lipinski definition) is 5. The average molecular weight is 616 g/mol. The molecular weight excluding hydrogens is 583 g/mol. The summed E-state index contributed by atoms with van der Waals surface area (Å²) in [7, 11) is 1.32. The quantitative estimate of drug-likeness (QED) is 0.243. The van der Waals surface area contributed by atoms with E-state index in [0.717, 1.165) is 93.2 Å². The Morgan fingerprint density at radius 3 is 2.29 bits per heavy atom. The zero-order valence-corrected chi connectivity index (χ0v) is 25.3. The molecule has 0 saturated heterocycles. The van der Waals surface area contributed by atoms with E-state index in [-0.39, 0.29) is 16.7 Å². The number of rotatable bonds is 9. The lowest BCUT2D eigenvalue weighted by Crippen LogP contribution is -2.48. The van der Waals surface area contributed by atoms with E-state index in [1.165, 1.54) is 13.2 Å². The highest BCUT2D eigenvalue weighted by Crippen LogP contribution is 2.59. The van der Waals surface area contributed by atoms with E-state index in [9.17, 15) is 9.59 Å². The minimum absolute atomic E-state index is 0.0262. The van der Waals surface area contributed by atoms with Gasteiger partial charge in [0, 0.05) is 22.5 Å². The lowest BCUT2D eigenvalue weighted by molar-refractivity contribution is -0.135. The van der Waals surface area contributed by atoms with Gasteiger partial charge in [-0.25, -0.2) is 4.79 Å². The van der Waals surface area contributed by atoms with Crippen LogP contribution in [0.15, 0.2) is 40.9 Å². The molecule has 0 spiro atoms. The highest BCUT2D eigenvalue weighted by molar-refractivity contribution is 6.39. The standard InChI is InChI=1S/C32H33Cl3N2O4/c1-40-29(38)20-9-10-25(24(35)18-20)36-30(39)32-15-12-31(13-16-32,14-17-32)11-3-4-21-27(37-41-28(21)19-7-8-19)26-22(33)5-2-6-23(26)34/h2,5-6,9-10,18-19H,3-4,7-8,11-17H2,1H3,(H,36,39). The number of nitrogens with zero attached hydrogens (tertiary/aromatic N) is 1. The number of amides is 1. The zero-order valence-electron chi connectivity index (χ0n) is 23.0. The van der Waals surface area contributed by atoms with Crippen LogP contribution in [0.25, 0.3) is 11.3 Å². The van der Waals surface area contributed by atoms with Gasteiger partial charge >= 0.3 is 5.97 Å². The largest absolute Gasteiger partial charge is 0.465 e. The lowest BCUT2D eigenvalue weighted by Gasteiger charge is -2.52. The number of benzene rings is 2. The van der Waals surface area contributed by atoms with Crippen LogP contribution in [0.2, 0.25) is 15.1 Å². The minimum atomic E-state index is -0.462. The molecule has 0 aliphatic heterocycles. The second kappa shape index (κ2) is 11.3. The number of esters is 1. The predicted octanol–water partition coefficient (Wildman–Crippen LogP) is 9.27. The number of ether oxygens (including phenoxy) is 1. The molecule has 2 aromatic carbocycles. The van der Waals surface area contributed by atoms with Crippen molar-refractivity contribution in [2.45, 2.75) is 76.5 Å². The molecule has 2 bridgehead atoms. The van der Waals surface area contributed by atoms with E-state index in [1.54, 1.807) is 12.1 Å². The number of halogens is 3. The molecule has 41 heavy (non-hydrogen) atoms. The number of hydrogen-bond donors (Lipinski definition) is 1. The number of carbonyl (C=O) groups is 2. The molecule has 1 aromatic heterocycles. The maximum absolute atomic E-state index is 13.5. The van der Waals surface area contributed by atoms with E-state index < -0.39 is 5.97 Å². The Morgan fingerprint density at radius 1 is 1.00 bits per heavy atom. The van der Waals surface area contributed by atoms with Gasteiger partial charge in [-0.15, -0.1) is 0 Å². The minimum Gasteiger partial charge on any atom is -0.465 e. The number of fused-ring (bicyclic) bond motifs is 3. The van der Waals surface area contributed by atoms with Gasteiger partial charge in [0.2, 0.25) is 5.91 Å². The Bertz CT molecular complexity index is 1450. The van der Waals surface area contributed by atoms with Crippen LogP contribution in [-0.2, 0) is 16.0 Å². The SMILES string of the molecule is COC(=O)c1ccc(NC(=O)C23CCC(CCCc4c(-c5c(Cl)cccc5Cl)noc4C4CC4)(CC2)CC3)c(Cl)c1. The number of nitrogens with one attached hydrogen (secondary N) is 1. The molecular formula is C32H33Cl3N2O4. The number of anilines is 1. The van der Waals surface area contributed by atoms with Gasteiger partial charge in [-0.1, -0.05) is 46.0 Å². The first-order chi connectivity index (χ1) is 19.7. The Kier molecular flexibility index (Phi) is 7.86. The van der Waals surface area contributed by atoms with Gasteiger partial charge in [0.25, 0.3) is 0 Å². The Morgan fingerprint density at radius 2 is 1.68 bits per heavy atom. The van der Waals surface area contributed by atoms with Gasteiger partial charge in [-0.05, 0) is 106 Å². The van der Waals surface area contributed by atoms with E-state index in [1.807, 2.05) is 18.2 Å². The number of carbonyl (C=O) groups excluding carboxylic acids is 2. The molecule has 4 aliphatic rings. The van der Waals surface area contributed by atoms with E-state index >= 15 is 0 Å². The molecule has 0 radical (unpaired) electrons. The highest BCUT2D eigenvalue weighted by atomic mass is 35.5. The average Bonchev–Trinajstić information content (AvgIpc) is 3.75. The molecule has 3 aromatic rings. The third-order valence-electron chi connectivity index (χ3n) is 9.62. The number of methoxy groups -OCH3 is 1. The van der Waals surface area contributed by atoms with Crippen LogP contribution in [0, 0.1) is 10.8 Å². The van der Waals surface area contributed by atoms with Gasteiger partial charge in [-0.2, -0.15) is 0 Å². The summed E-state index contributed by atoms with van der Waals surface area (Å²) in [5.41, 5.74) is 3.46. The van der Waals surface area contributed by atoms with Crippen molar-refractivity contribution in [1.29, 1.82) is 0 Å². The monoisotopic (exact) mass is 614 g/mol. The molecule has 4 aliphatic carbocycles. The fourth-order valence-electron chi connectivity index (χ4n) is 6.89.